The highest BCUT2D eigenvalue weighted by Crippen LogP contribution is 2.28. The Kier molecular flexibility index (Phi) is 3.10. The molecule has 0 saturated heterocycles. The van der Waals surface area contributed by atoms with Crippen LogP contribution in [0.15, 0.2) is 24.3 Å². The van der Waals surface area contributed by atoms with Gasteiger partial charge in [-0.15, -0.1) is 0 Å². The molecule has 76 valence electrons. The first-order valence-corrected chi connectivity index (χ1v) is 4.25. The average Bonchev–Trinajstić information content (AvgIpc) is 2.15. The fraction of sp³-hybridized carbons (Fsp3) is 0.222. The Bertz CT molecular complexity index is 329. The molecule has 0 radical (unpaired) electrons. The van der Waals surface area contributed by atoms with Gasteiger partial charge in [-0.05, 0) is 12.1 Å². The Morgan fingerprint density at radius 3 is 2.07 bits per heavy atom. The molecule has 5 heteroatoms. The van der Waals surface area contributed by atoms with Crippen molar-refractivity contribution in [1.29, 1.82) is 0 Å². The van der Waals surface area contributed by atoms with Gasteiger partial charge in [0.05, 0.1) is 5.56 Å². The van der Waals surface area contributed by atoms with Crippen LogP contribution in [0.3, 0.4) is 0 Å². The third-order valence-electron chi connectivity index (χ3n) is 1.70. The lowest BCUT2D eigenvalue weighted by atomic mass is 10.1. The van der Waals surface area contributed by atoms with Crippen LogP contribution in [0.25, 0.3) is 0 Å². The fourth-order valence-corrected chi connectivity index (χ4v) is 1.09. The maximum Gasteiger partial charge on any atom is 0.416 e. The second kappa shape index (κ2) is 3.96. The van der Waals surface area contributed by atoms with Gasteiger partial charge in [0.25, 0.3) is 0 Å². The maximum absolute atomic E-state index is 12.2. The number of benzene rings is 1. The molecule has 1 N–H and O–H groups in total. The first-order chi connectivity index (χ1) is 6.45. The number of halogens is 3. The normalized spacial score (nSPS) is 11.1. The molecule has 0 unspecified atom stereocenters. The quantitative estimate of drug-likeness (QED) is 0.729. The molecule has 0 amide bonds. The van der Waals surface area contributed by atoms with Gasteiger partial charge >= 0.3 is 6.18 Å². The lowest BCUT2D eigenvalue weighted by Gasteiger charge is -2.07. The third kappa shape index (κ3) is 2.45. The van der Waals surface area contributed by atoms with Crippen molar-refractivity contribution in [3.8, 4) is 0 Å². The Labute approximate surface area is 84.9 Å². The van der Waals surface area contributed by atoms with Crippen molar-refractivity contribution in [2.75, 3.05) is 7.05 Å². The predicted molar refractivity (Wildman–Crippen MR) is 52.2 cm³/mol. The van der Waals surface area contributed by atoms with Gasteiger partial charge in [-0.3, -0.25) is 0 Å². The van der Waals surface area contributed by atoms with Crippen molar-refractivity contribution in [2.24, 2.45) is 0 Å². The summed E-state index contributed by atoms with van der Waals surface area (Å²) >= 11 is 4.87. The van der Waals surface area contributed by atoms with Gasteiger partial charge in [0, 0.05) is 12.6 Å². The summed E-state index contributed by atoms with van der Waals surface area (Å²) in [5.41, 5.74) is -0.0874. The summed E-state index contributed by atoms with van der Waals surface area (Å²) in [5, 5.41) is 2.69. The first-order valence-electron chi connectivity index (χ1n) is 3.84. The van der Waals surface area contributed by atoms with Gasteiger partial charge in [0.15, 0.2) is 0 Å². The molecular weight excluding hydrogens is 211 g/mol. The molecule has 0 aliphatic heterocycles. The Hall–Kier alpha value is -1.10. The molecular formula is C9H8F3NS. The van der Waals surface area contributed by atoms with Crippen molar-refractivity contribution in [3.05, 3.63) is 35.4 Å². The first kappa shape index (κ1) is 11.0. The van der Waals surface area contributed by atoms with E-state index >= 15 is 0 Å². The molecule has 0 aliphatic rings. The summed E-state index contributed by atoms with van der Waals surface area (Å²) in [6, 6.07) is 4.72. The van der Waals surface area contributed by atoms with Crippen LogP contribution in [0.4, 0.5) is 13.2 Å². The van der Waals surface area contributed by atoms with Crippen LogP contribution in [-0.2, 0) is 6.18 Å². The van der Waals surface area contributed by atoms with Gasteiger partial charge in [-0.2, -0.15) is 13.2 Å². The second-order valence-corrected chi connectivity index (χ2v) is 3.06. The highest BCUT2D eigenvalue weighted by molar-refractivity contribution is 7.80. The van der Waals surface area contributed by atoms with E-state index in [0.717, 1.165) is 12.1 Å². The second-order valence-electron chi connectivity index (χ2n) is 2.65. The molecule has 0 aromatic heterocycles. The lowest BCUT2D eigenvalue weighted by molar-refractivity contribution is -0.137. The zero-order valence-corrected chi connectivity index (χ0v) is 8.17. The Balaban J connectivity index is 2.95. The van der Waals surface area contributed by atoms with Crippen molar-refractivity contribution in [2.45, 2.75) is 6.18 Å². The summed E-state index contributed by atoms with van der Waals surface area (Å²) in [5.74, 6) is 0. The summed E-state index contributed by atoms with van der Waals surface area (Å²) in [6.45, 7) is 0. The number of hydrogen-bond acceptors (Lipinski definition) is 1. The Morgan fingerprint density at radius 2 is 1.71 bits per heavy atom. The van der Waals surface area contributed by atoms with E-state index < -0.39 is 11.7 Å². The number of alkyl halides is 3. The van der Waals surface area contributed by atoms with E-state index in [1.165, 1.54) is 12.1 Å². The van der Waals surface area contributed by atoms with Crippen LogP contribution in [0.2, 0.25) is 0 Å². The zero-order chi connectivity index (χ0) is 10.8. The van der Waals surface area contributed by atoms with Gasteiger partial charge in [-0.1, -0.05) is 24.4 Å². The van der Waals surface area contributed by atoms with Crippen molar-refractivity contribution in [1.82, 2.24) is 5.32 Å². The van der Waals surface area contributed by atoms with Crippen LogP contribution in [-0.4, -0.2) is 12.0 Å². The number of rotatable bonds is 1. The van der Waals surface area contributed by atoms with E-state index in [-0.39, 0.29) is 0 Å². The fourth-order valence-electron chi connectivity index (χ4n) is 0.955. The van der Waals surface area contributed by atoms with Crippen molar-refractivity contribution in [3.63, 3.8) is 0 Å². The molecule has 1 rings (SSSR count). The molecule has 0 atom stereocenters. The molecule has 0 aliphatic carbocycles. The summed E-state index contributed by atoms with van der Waals surface area (Å²) in [4.78, 5) is 0.429. The van der Waals surface area contributed by atoms with E-state index in [2.05, 4.69) is 5.32 Å². The smallest absolute Gasteiger partial charge is 0.379 e. The minimum atomic E-state index is -4.29. The number of thiocarbonyl (C=S) groups is 1. The molecule has 0 heterocycles. The highest BCUT2D eigenvalue weighted by atomic mass is 32.1. The Morgan fingerprint density at radius 1 is 1.21 bits per heavy atom. The SMILES string of the molecule is CNC(=S)c1ccc(C(F)(F)F)cc1. The van der Waals surface area contributed by atoms with Gasteiger partial charge < -0.3 is 5.32 Å². The molecule has 0 fully saturated rings. The van der Waals surface area contributed by atoms with Crippen LogP contribution in [0.5, 0.6) is 0 Å². The number of hydrogen-bond donors (Lipinski definition) is 1. The minimum Gasteiger partial charge on any atom is -0.379 e. The van der Waals surface area contributed by atoms with E-state index in [1.54, 1.807) is 7.05 Å². The van der Waals surface area contributed by atoms with Crippen molar-refractivity contribution >= 4 is 17.2 Å². The molecule has 0 bridgehead atoms. The summed E-state index contributed by atoms with van der Waals surface area (Å²) in [7, 11) is 1.63. The lowest BCUT2D eigenvalue weighted by Crippen LogP contribution is -2.16. The average molecular weight is 219 g/mol. The van der Waals surface area contributed by atoms with Crippen LogP contribution >= 0.6 is 12.2 Å². The van der Waals surface area contributed by atoms with Gasteiger partial charge in [0.1, 0.15) is 4.99 Å². The van der Waals surface area contributed by atoms with Crippen molar-refractivity contribution < 1.29 is 13.2 Å². The molecule has 0 spiro atoms. The van der Waals surface area contributed by atoms with Crippen LogP contribution in [0, 0.1) is 0 Å². The van der Waals surface area contributed by atoms with Gasteiger partial charge in [0.2, 0.25) is 0 Å². The van der Waals surface area contributed by atoms with E-state index in [0.29, 0.717) is 10.6 Å². The summed E-state index contributed by atoms with van der Waals surface area (Å²) in [6.07, 6.45) is -4.29. The van der Waals surface area contributed by atoms with Gasteiger partial charge in [-0.25, -0.2) is 0 Å². The molecule has 1 aromatic rings. The molecule has 0 saturated carbocycles. The zero-order valence-electron chi connectivity index (χ0n) is 7.35. The number of nitrogens with one attached hydrogen (secondary N) is 1. The van der Waals surface area contributed by atoms with Crippen LogP contribution in [0.1, 0.15) is 11.1 Å². The molecule has 1 aromatic carbocycles. The largest absolute Gasteiger partial charge is 0.416 e. The van der Waals surface area contributed by atoms with E-state index in [9.17, 15) is 13.2 Å². The minimum absolute atomic E-state index is 0.429. The van der Waals surface area contributed by atoms with E-state index in [4.69, 9.17) is 12.2 Å². The monoisotopic (exact) mass is 219 g/mol. The highest BCUT2D eigenvalue weighted by Gasteiger charge is 2.29. The summed E-state index contributed by atoms with van der Waals surface area (Å²) < 4.78 is 36.5. The van der Waals surface area contributed by atoms with Crippen LogP contribution < -0.4 is 5.32 Å². The molecule has 1 nitrogen and oxygen atoms in total. The molecule has 14 heavy (non-hydrogen) atoms. The topological polar surface area (TPSA) is 12.0 Å². The standard InChI is InChI=1S/C9H8F3NS/c1-13-8(14)6-2-4-7(5-3-6)9(10,11)12/h2-5H,1H3,(H,13,14). The maximum atomic E-state index is 12.2. The van der Waals surface area contributed by atoms with E-state index in [1.807, 2.05) is 0 Å². The third-order valence-corrected chi connectivity index (χ3v) is 2.14. The predicted octanol–water partition coefficient (Wildman–Crippen LogP) is 2.60.